The number of carboxylic acid groups (broad SMARTS) is 1. The minimum absolute atomic E-state index is 0.00703. The van der Waals surface area contributed by atoms with Crippen LogP contribution in [0.2, 0.25) is 0 Å². The highest BCUT2D eigenvalue weighted by Gasteiger charge is 2.28. The molecule has 9 heteroatoms. The van der Waals surface area contributed by atoms with E-state index in [0.717, 1.165) is 16.4 Å². The van der Waals surface area contributed by atoms with Crippen molar-refractivity contribution in [3.63, 3.8) is 0 Å². The minimum atomic E-state index is -4.17. The van der Waals surface area contributed by atoms with Gasteiger partial charge < -0.3 is 9.67 Å². The van der Waals surface area contributed by atoms with E-state index in [1.807, 2.05) is 6.92 Å². The maximum Gasteiger partial charge on any atom is 0.338 e. The summed E-state index contributed by atoms with van der Waals surface area (Å²) >= 11 is 0. The second-order valence-electron chi connectivity index (χ2n) is 4.85. The van der Waals surface area contributed by atoms with E-state index in [9.17, 15) is 17.6 Å². The molecule has 1 aromatic heterocycles. The third kappa shape index (κ3) is 3.25. The molecule has 124 valence electrons. The number of benzene rings is 1. The van der Waals surface area contributed by atoms with Gasteiger partial charge in [0.25, 0.3) is 0 Å². The fourth-order valence-electron chi connectivity index (χ4n) is 2.12. The van der Waals surface area contributed by atoms with Crippen LogP contribution in [0.3, 0.4) is 0 Å². The lowest BCUT2D eigenvalue weighted by molar-refractivity contribution is 0.0691. The van der Waals surface area contributed by atoms with Crippen LogP contribution in [0.25, 0.3) is 0 Å². The summed E-state index contributed by atoms with van der Waals surface area (Å²) in [6, 6.07) is 3.26. The molecule has 0 saturated carbocycles. The smallest absolute Gasteiger partial charge is 0.338 e. The summed E-state index contributed by atoms with van der Waals surface area (Å²) < 4.78 is 42.0. The summed E-state index contributed by atoms with van der Waals surface area (Å²) in [6.45, 7) is 2.49. The van der Waals surface area contributed by atoms with Crippen LogP contribution in [0.15, 0.2) is 35.6 Å². The van der Waals surface area contributed by atoms with Crippen molar-refractivity contribution in [2.45, 2.75) is 24.9 Å². The molecule has 0 unspecified atom stereocenters. The number of sulfonamides is 1. The maximum atomic E-state index is 14.2. The first-order valence-corrected chi connectivity index (χ1v) is 8.20. The van der Waals surface area contributed by atoms with Crippen molar-refractivity contribution >= 4 is 16.0 Å². The molecule has 0 fully saturated rings. The third-order valence-corrected chi connectivity index (χ3v) is 5.23. The largest absolute Gasteiger partial charge is 0.478 e. The van der Waals surface area contributed by atoms with Gasteiger partial charge in [0.05, 0.1) is 24.1 Å². The Balaban J connectivity index is 2.38. The number of hydrogen-bond acceptors (Lipinski definition) is 4. The van der Waals surface area contributed by atoms with Crippen LogP contribution in [-0.4, -0.2) is 40.4 Å². The molecule has 23 heavy (non-hydrogen) atoms. The number of nitrogens with zero attached hydrogens (tertiary/aromatic N) is 3. The van der Waals surface area contributed by atoms with Crippen molar-refractivity contribution in [2.24, 2.45) is 0 Å². The molecular weight excluding hydrogens is 325 g/mol. The van der Waals surface area contributed by atoms with Crippen LogP contribution < -0.4 is 0 Å². The van der Waals surface area contributed by atoms with Crippen molar-refractivity contribution in [2.75, 3.05) is 7.05 Å². The van der Waals surface area contributed by atoms with Crippen LogP contribution in [-0.2, 0) is 23.1 Å². The summed E-state index contributed by atoms with van der Waals surface area (Å²) in [4.78, 5) is 14.2. The molecule has 1 N–H and O–H groups in total. The molecule has 0 saturated heterocycles. The van der Waals surface area contributed by atoms with Gasteiger partial charge in [-0.15, -0.1) is 0 Å². The number of halogens is 1. The van der Waals surface area contributed by atoms with E-state index in [-0.39, 0.29) is 6.54 Å². The molecule has 2 aromatic rings. The third-order valence-electron chi connectivity index (χ3n) is 3.41. The molecule has 2 rings (SSSR count). The molecule has 0 bridgehead atoms. The maximum absolute atomic E-state index is 14.2. The van der Waals surface area contributed by atoms with Crippen molar-refractivity contribution in [3.05, 3.63) is 47.8 Å². The zero-order valence-electron chi connectivity index (χ0n) is 12.6. The van der Waals surface area contributed by atoms with Gasteiger partial charge in [0.1, 0.15) is 4.90 Å². The molecule has 0 spiro atoms. The van der Waals surface area contributed by atoms with Gasteiger partial charge in [-0.1, -0.05) is 6.07 Å². The van der Waals surface area contributed by atoms with Crippen LogP contribution in [0.1, 0.15) is 23.0 Å². The average molecular weight is 341 g/mol. The average Bonchev–Trinajstić information content (AvgIpc) is 2.94. The van der Waals surface area contributed by atoms with E-state index in [2.05, 4.69) is 4.98 Å². The highest BCUT2D eigenvalue weighted by Crippen LogP contribution is 2.22. The first kappa shape index (κ1) is 17.1. The van der Waals surface area contributed by atoms with E-state index in [0.29, 0.717) is 12.2 Å². The second-order valence-corrected chi connectivity index (χ2v) is 6.87. The summed E-state index contributed by atoms with van der Waals surface area (Å²) in [5.41, 5.74) is -0.0357. The summed E-state index contributed by atoms with van der Waals surface area (Å²) in [6.07, 6.45) is 3.10. The number of carboxylic acids is 1. The molecule has 0 amide bonds. The fourth-order valence-corrected chi connectivity index (χ4v) is 3.35. The highest BCUT2D eigenvalue weighted by atomic mass is 32.2. The minimum Gasteiger partial charge on any atom is -0.478 e. The molecule has 0 radical (unpaired) electrons. The van der Waals surface area contributed by atoms with Crippen LogP contribution in [0, 0.1) is 5.82 Å². The Morgan fingerprint density at radius 1 is 1.43 bits per heavy atom. The van der Waals surface area contributed by atoms with E-state index in [1.54, 1.807) is 10.9 Å². The number of carbonyl (C=O) groups is 1. The van der Waals surface area contributed by atoms with Gasteiger partial charge in [0.2, 0.25) is 10.0 Å². The predicted molar refractivity (Wildman–Crippen MR) is 79.9 cm³/mol. The predicted octanol–water partition coefficient (Wildman–Crippen LogP) is 1.56. The fraction of sp³-hybridized carbons (Fsp3) is 0.286. The zero-order chi connectivity index (χ0) is 17.2. The molecule has 0 aliphatic rings. The standard InChI is InChI=1S/C14H16FN3O4S/c1-3-18-9-16-7-10(18)8-17(2)23(21,22)12-6-4-5-11(13(12)15)14(19)20/h4-7,9H,3,8H2,1-2H3,(H,19,20). The molecule has 0 atom stereocenters. The molecule has 7 nitrogen and oxygen atoms in total. The lowest BCUT2D eigenvalue weighted by atomic mass is 10.2. The Morgan fingerprint density at radius 3 is 2.74 bits per heavy atom. The number of aryl methyl sites for hydroxylation is 1. The zero-order valence-corrected chi connectivity index (χ0v) is 13.4. The summed E-state index contributed by atoms with van der Waals surface area (Å²) in [5.74, 6) is -2.79. The monoisotopic (exact) mass is 341 g/mol. The normalized spacial score (nSPS) is 11.8. The van der Waals surface area contributed by atoms with Crippen LogP contribution in [0.5, 0.6) is 0 Å². The summed E-state index contributed by atoms with van der Waals surface area (Å²) in [5, 5.41) is 8.91. The first-order valence-electron chi connectivity index (χ1n) is 6.76. The molecular formula is C14H16FN3O4S. The summed E-state index contributed by atoms with van der Waals surface area (Å²) in [7, 11) is -2.87. The Kier molecular flexibility index (Phi) is 4.81. The van der Waals surface area contributed by atoms with Gasteiger partial charge >= 0.3 is 5.97 Å². The van der Waals surface area contributed by atoms with E-state index in [4.69, 9.17) is 5.11 Å². The first-order chi connectivity index (χ1) is 10.8. The van der Waals surface area contributed by atoms with Crippen LogP contribution in [0.4, 0.5) is 4.39 Å². The molecule has 0 aliphatic heterocycles. The van der Waals surface area contributed by atoms with E-state index >= 15 is 0 Å². The van der Waals surface area contributed by atoms with Gasteiger partial charge in [-0.25, -0.2) is 22.6 Å². The lowest BCUT2D eigenvalue weighted by Gasteiger charge is -2.18. The second kappa shape index (κ2) is 6.47. The van der Waals surface area contributed by atoms with Gasteiger partial charge in [-0.05, 0) is 19.1 Å². The molecule has 1 heterocycles. The van der Waals surface area contributed by atoms with Crippen molar-refractivity contribution in [1.82, 2.24) is 13.9 Å². The Hall–Kier alpha value is -2.26. The SMILES string of the molecule is CCn1cncc1CN(C)S(=O)(=O)c1cccc(C(=O)O)c1F. The van der Waals surface area contributed by atoms with Crippen LogP contribution >= 0.6 is 0 Å². The molecule has 0 aliphatic carbocycles. The number of aromatic carboxylic acids is 1. The van der Waals surface area contributed by atoms with Crippen molar-refractivity contribution in [1.29, 1.82) is 0 Å². The number of rotatable bonds is 6. The number of aromatic nitrogens is 2. The number of imidazole rings is 1. The van der Waals surface area contributed by atoms with Gasteiger partial charge in [0, 0.05) is 19.8 Å². The molecule has 1 aromatic carbocycles. The van der Waals surface area contributed by atoms with Gasteiger partial charge in [0.15, 0.2) is 5.82 Å². The van der Waals surface area contributed by atoms with E-state index < -0.39 is 32.3 Å². The Morgan fingerprint density at radius 2 is 2.13 bits per heavy atom. The van der Waals surface area contributed by atoms with Gasteiger partial charge in [-0.2, -0.15) is 4.31 Å². The quantitative estimate of drug-likeness (QED) is 0.861. The van der Waals surface area contributed by atoms with Gasteiger partial charge in [-0.3, -0.25) is 0 Å². The Bertz CT molecular complexity index is 832. The topological polar surface area (TPSA) is 92.5 Å². The lowest BCUT2D eigenvalue weighted by Crippen LogP contribution is -2.28. The highest BCUT2D eigenvalue weighted by molar-refractivity contribution is 7.89. The van der Waals surface area contributed by atoms with Crippen molar-refractivity contribution in [3.8, 4) is 0 Å². The van der Waals surface area contributed by atoms with Crippen molar-refractivity contribution < 1.29 is 22.7 Å². The van der Waals surface area contributed by atoms with E-state index in [1.165, 1.54) is 19.3 Å². The number of hydrogen-bond donors (Lipinski definition) is 1. The Labute approximate surface area is 133 Å².